The Morgan fingerprint density at radius 2 is 1.06 bits per heavy atom. The molecule has 226 valence electrons. The molecule has 0 fully saturated rings. The predicted octanol–water partition coefficient (Wildman–Crippen LogP) is 10.8. The average molecular weight is 619 g/mol. The smallest absolute Gasteiger partial charge is 0.201 e. The molecule has 6 nitrogen and oxygen atoms in total. The van der Waals surface area contributed by atoms with Crippen LogP contribution in [-0.2, 0) is 0 Å². The molecule has 6 heteroatoms. The van der Waals surface area contributed by atoms with E-state index in [-0.39, 0.29) is 0 Å². The third-order valence-electron chi connectivity index (χ3n) is 9.18. The molecule has 0 amide bonds. The number of fused-ring (bicyclic) bond motifs is 7. The van der Waals surface area contributed by atoms with Gasteiger partial charge in [-0.3, -0.25) is 0 Å². The zero-order valence-electron chi connectivity index (χ0n) is 25.6. The fourth-order valence-corrected chi connectivity index (χ4v) is 7.05. The van der Waals surface area contributed by atoms with Gasteiger partial charge in [-0.25, -0.2) is 15.0 Å². The first-order valence-corrected chi connectivity index (χ1v) is 16.0. The average Bonchev–Trinajstić information content (AvgIpc) is 3.73. The third kappa shape index (κ3) is 4.09. The standard InChI is InChI=1S/C42H26N4O2/c1-2-11-25(12-3-1)39-44-40(46-41(45-39)32-19-9-23-36-38(32)33-20-10-24-43-42(33)48-36)30-18-7-14-26-27(15-6-16-28(26)30)29-17-8-22-35-37(29)31-13-4-5-21-34(31)47-35/h1-23,43H,24H2. The van der Waals surface area contributed by atoms with E-state index < -0.39 is 0 Å². The normalized spacial score (nSPS) is 12.6. The summed E-state index contributed by atoms with van der Waals surface area (Å²) in [5.41, 5.74) is 8.54. The molecule has 1 aliphatic rings. The lowest BCUT2D eigenvalue weighted by atomic mass is 9.93. The van der Waals surface area contributed by atoms with Crippen molar-refractivity contribution in [2.75, 3.05) is 11.9 Å². The summed E-state index contributed by atoms with van der Waals surface area (Å²) in [6.07, 6.45) is 4.21. The van der Waals surface area contributed by atoms with Gasteiger partial charge in [0.25, 0.3) is 0 Å². The summed E-state index contributed by atoms with van der Waals surface area (Å²) in [4.78, 5) is 15.4. The molecule has 0 spiro atoms. The Kier molecular flexibility index (Phi) is 5.84. The third-order valence-corrected chi connectivity index (χ3v) is 9.18. The molecule has 0 aliphatic carbocycles. The van der Waals surface area contributed by atoms with Crippen LogP contribution < -0.4 is 5.32 Å². The summed E-state index contributed by atoms with van der Waals surface area (Å²) in [6, 6.07) is 43.4. The van der Waals surface area contributed by atoms with Crippen LogP contribution in [0, 0.1) is 0 Å². The number of hydrogen-bond acceptors (Lipinski definition) is 6. The van der Waals surface area contributed by atoms with Gasteiger partial charge in [0.05, 0.1) is 0 Å². The maximum Gasteiger partial charge on any atom is 0.201 e. The second-order valence-electron chi connectivity index (χ2n) is 12.0. The fourth-order valence-electron chi connectivity index (χ4n) is 7.05. The number of aromatic nitrogens is 3. The van der Waals surface area contributed by atoms with Crippen molar-refractivity contribution >= 4 is 55.6 Å². The Labute approximate surface area is 275 Å². The zero-order valence-corrected chi connectivity index (χ0v) is 25.6. The van der Waals surface area contributed by atoms with Crippen LogP contribution in [0.15, 0.2) is 142 Å². The minimum Gasteiger partial charge on any atom is -0.456 e. The van der Waals surface area contributed by atoms with E-state index in [0.717, 1.165) is 89.5 Å². The summed E-state index contributed by atoms with van der Waals surface area (Å²) in [7, 11) is 0. The molecule has 0 bridgehead atoms. The Morgan fingerprint density at radius 1 is 0.458 bits per heavy atom. The summed E-state index contributed by atoms with van der Waals surface area (Å²) in [5, 5.41) is 8.71. The second kappa shape index (κ2) is 10.5. The lowest BCUT2D eigenvalue weighted by Gasteiger charge is -2.13. The van der Waals surface area contributed by atoms with Gasteiger partial charge in [0.1, 0.15) is 16.7 Å². The van der Waals surface area contributed by atoms with Gasteiger partial charge in [-0.2, -0.15) is 0 Å². The van der Waals surface area contributed by atoms with E-state index in [2.05, 4.69) is 84.2 Å². The van der Waals surface area contributed by atoms with Gasteiger partial charge in [0.15, 0.2) is 17.5 Å². The Hall–Kier alpha value is -6.53. The molecule has 9 aromatic rings. The minimum absolute atomic E-state index is 0.592. The Balaban J connectivity index is 1.22. The molecule has 1 N–H and O–H groups in total. The molecule has 1 aliphatic heterocycles. The highest BCUT2D eigenvalue weighted by Gasteiger charge is 2.22. The van der Waals surface area contributed by atoms with Crippen LogP contribution in [0.1, 0.15) is 5.56 Å². The minimum atomic E-state index is 0.592. The summed E-state index contributed by atoms with van der Waals surface area (Å²) >= 11 is 0. The predicted molar refractivity (Wildman–Crippen MR) is 194 cm³/mol. The lowest BCUT2D eigenvalue weighted by Crippen LogP contribution is -2.02. The van der Waals surface area contributed by atoms with Crippen molar-refractivity contribution in [3.63, 3.8) is 0 Å². The van der Waals surface area contributed by atoms with Crippen molar-refractivity contribution < 1.29 is 8.83 Å². The number of nitrogens with zero attached hydrogens (tertiary/aromatic N) is 3. The monoisotopic (exact) mass is 618 g/mol. The largest absolute Gasteiger partial charge is 0.456 e. The molecular weight excluding hydrogens is 592 g/mol. The number of para-hydroxylation sites is 1. The molecule has 0 saturated heterocycles. The van der Waals surface area contributed by atoms with E-state index in [1.54, 1.807) is 0 Å². The molecule has 3 aromatic heterocycles. The van der Waals surface area contributed by atoms with Gasteiger partial charge < -0.3 is 14.2 Å². The van der Waals surface area contributed by atoms with Crippen LogP contribution in [0.4, 0.5) is 5.88 Å². The van der Waals surface area contributed by atoms with Crippen molar-refractivity contribution in [2.24, 2.45) is 0 Å². The Morgan fingerprint density at radius 3 is 1.92 bits per heavy atom. The van der Waals surface area contributed by atoms with Crippen LogP contribution in [0.2, 0.25) is 0 Å². The van der Waals surface area contributed by atoms with E-state index in [0.29, 0.717) is 17.5 Å². The van der Waals surface area contributed by atoms with Crippen LogP contribution in [-0.4, -0.2) is 21.5 Å². The highest BCUT2D eigenvalue weighted by atomic mass is 16.4. The van der Waals surface area contributed by atoms with E-state index in [1.165, 1.54) is 0 Å². The maximum atomic E-state index is 6.25. The van der Waals surface area contributed by atoms with Crippen LogP contribution >= 0.6 is 0 Å². The van der Waals surface area contributed by atoms with Crippen LogP contribution in [0.3, 0.4) is 0 Å². The van der Waals surface area contributed by atoms with Crippen molar-refractivity contribution in [1.29, 1.82) is 0 Å². The van der Waals surface area contributed by atoms with Gasteiger partial charge >= 0.3 is 0 Å². The Bertz CT molecular complexity index is 2740. The second-order valence-corrected chi connectivity index (χ2v) is 12.0. The zero-order chi connectivity index (χ0) is 31.6. The first-order valence-electron chi connectivity index (χ1n) is 16.0. The number of hydrogen-bond donors (Lipinski definition) is 1. The molecule has 6 aromatic carbocycles. The summed E-state index contributed by atoms with van der Waals surface area (Å²) in [6.45, 7) is 0.727. The first kappa shape index (κ1) is 26.7. The fraction of sp³-hybridized carbons (Fsp3) is 0.0238. The molecule has 0 unspecified atom stereocenters. The molecule has 10 rings (SSSR count). The van der Waals surface area contributed by atoms with Crippen molar-refractivity contribution in [3.8, 4) is 45.3 Å². The molecule has 0 radical (unpaired) electrons. The number of furan rings is 2. The number of benzene rings is 6. The maximum absolute atomic E-state index is 6.25. The molecule has 48 heavy (non-hydrogen) atoms. The highest BCUT2D eigenvalue weighted by Crippen LogP contribution is 2.42. The molecular formula is C42H26N4O2. The lowest BCUT2D eigenvalue weighted by molar-refractivity contribution is 0.628. The first-order chi connectivity index (χ1) is 23.8. The van der Waals surface area contributed by atoms with Gasteiger partial charge in [-0.15, -0.1) is 0 Å². The van der Waals surface area contributed by atoms with Gasteiger partial charge in [0, 0.05) is 45.0 Å². The van der Waals surface area contributed by atoms with E-state index in [9.17, 15) is 0 Å². The van der Waals surface area contributed by atoms with Gasteiger partial charge in [0.2, 0.25) is 5.88 Å². The number of anilines is 1. The van der Waals surface area contributed by atoms with Gasteiger partial charge in [-0.05, 0) is 40.1 Å². The quantitative estimate of drug-likeness (QED) is 0.211. The topological polar surface area (TPSA) is 77.0 Å². The summed E-state index contributed by atoms with van der Waals surface area (Å²) < 4.78 is 12.5. The number of rotatable bonds is 4. The highest BCUT2D eigenvalue weighted by molar-refractivity contribution is 6.16. The van der Waals surface area contributed by atoms with Crippen molar-refractivity contribution in [1.82, 2.24) is 15.0 Å². The van der Waals surface area contributed by atoms with E-state index in [1.807, 2.05) is 60.7 Å². The van der Waals surface area contributed by atoms with Crippen LogP contribution in [0.25, 0.3) is 95.0 Å². The molecule has 0 saturated carbocycles. The van der Waals surface area contributed by atoms with E-state index in [4.69, 9.17) is 23.8 Å². The molecule has 0 atom stereocenters. The van der Waals surface area contributed by atoms with E-state index >= 15 is 0 Å². The number of nitrogens with one attached hydrogen (secondary N) is 1. The van der Waals surface area contributed by atoms with Gasteiger partial charge in [-0.1, -0.05) is 121 Å². The van der Waals surface area contributed by atoms with Crippen molar-refractivity contribution in [2.45, 2.75) is 0 Å². The summed E-state index contributed by atoms with van der Waals surface area (Å²) in [5.74, 6) is 2.58. The van der Waals surface area contributed by atoms with Crippen LogP contribution in [0.5, 0.6) is 0 Å². The van der Waals surface area contributed by atoms with Crippen molar-refractivity contribution in [3.05, 3.63) is 139 Å². The SMILES string of the molecule is C1=Cc2c(oc3cccc(-c4nc(-c5ccccc5)nc(-c5cccc6c(-c7cccc8oc9ccccc9c78)cccc56)n4)c23)NC1. The molecule has 4 heterocycles.